The Labute approximate surface area is 416 Å². The number of nitrogens with zero attached hydrogens (tertiary/aromatic N) is 3. The van der Waals surface area contributed by atoms with E-state index >= 15 is 0 Å². The minimum atomic E-state index is -0.00899. The van der Waals surface area contributed by atoms with Gasteiger partial charge >= 0.3 is 0 Å². The summed E-state index contributed by atoms with van der Waals surface area (Å²) < 4.78 is 0. The Balaban J connectivity index is 1.27. The first kappa shape index (κ1) is 44.9. The maximum absolute atomic E-state index is 2.57. The number of anilines is 9. The average Bonchev–Trinajstić information content (AvgIpc) is 3.39. The fraction of sp³-hybridized carbons (Fsp3) is 0.182. The van der Waals surface area contributed by atoms with Gasteiger partial charge in [0.15, 0.2) is 0 Å². The van der Waals surface area contributed by atoms with Gasteiger partial charge in [0.1, 0.15) is 0 Å². The molecule has 3 nitrogen and oxygen atoms in total. The molecule has 9 aromatic carbocycles. The van der Waals surface area contributed by atoms with Crippen LogP contribution in [0.1, 0.15) is 101 Å². The van der Waals surface area contributed by atoms with Crippen molar-refractivity contribution < 1.29 is 0 Å². The predicted octanol–water partition coefficient (Wildman–Crippen LogP) is 17.1. The molecule has 0 N–H and O–H groups in total. The zero-order valence-electron chi connectivity index (χ0n) is 41.9. The summed E-state index contributed by atoms with van der Waals surface area (Å²) in [5, 5.41) is 0. The van der Waals surface area contributed by atoms with Crippen molar-refractivity contribution in [1.29, 1.82) is 0 Å². The summed E-state index contributed by atoms with van der Waals surface area (Å²) in [5.74, 6) is 1.59. The summed E-state index contributed by atoms with van der Waals surface area (Å²) in [6.07, 6.45) is 0. The van der Waals surface area contributed by atoms with E-state index in [9.17, 15) is 0 Å². The van der Waals surface area contributed by atoms with E-state index in [0.717, 1.165) is 34.0 Å². The summed E-state index contributed by atoms with van der Waals surface area (Å²) in [6, 6.07) is 77.9. The minimum absolute atomic E-state index is 0.00899. The molecule has 70 heavy (non-hydrogen) atoms. The van der Waals surface area contributed by atoms with Crippen LogP contribution in [0, 0.1) is 0 Å². The van der Waals surface area contributed by atoms with Crippen LogP contribution in [-0.4, -0.2) is 6.71 Å². The summed E-state index contributed by atoms with van der Waals surface area (Å²) in [7, 11) is 0. The Bertz CT molecular complexity index is 3200. The molecule has 2 aliphatic heterocycles. The van der Waals surface area contributed by atoms with Crippen molar-refractivity contribution in [3.05, 3.63) is 229 Å². The van der Waals surface area contributed by atoms with E-state index in [4.69, 9.17) is 0 Å². The molecule has 0 atom stereocenters. The lowest BCUT2D eigenvalue weighted by atomic mass is 9.33. The first-order valence-corrected chi connectivity index (χ1v) is 25.4. The second-order valence-electron chi connectivity index (χ2n) is 20.6. The van der Waals surface area contributed by atoms with Crippen LogP contribution in [0.2, 0.25) is 0 Å². The van der Waals surface area contributed by atoms with E-state index in [-0.39, 0.29) is 6.71 Å². The maximum atomic E-state index is 2.57. The number of rotatable bonds is 11. The highest BCUT2D eigenvalue weighted by Gasteiger charge is 2.44. The Hall–Kier alpha value is -7.56. The summed E-state index contributed by atoms with van der Waals surface area (Å²) in [6.45, 7) is 18.4. The normalized spacial score (nSPS) is 12.7. The van der Waals surface area contributed by atoms with Crippen molar-refractivity contribution in [3.63, 3.8) is 0 Å². The smallest absolute Gasteiger partial charge is 0.252 e. The van der Waals surface area contributed by atoms with E-state index in [1.165, 1.54) is 78.1 Å². The maximum Gasteiger partial charge on any atom is 0.252 e. The zero-order chi connectivity index (χ0) is 48.2. The molecule has 0 unspecified atom stereocenters. The second kappa shape index (κ2) is 18.4. The highest BCUT2D eigenvalue weighted by Crippen LogP contribution is 2.50. The molecule has 0 amide bonds. The lowest BCUT2D eigenvalue weighted by Crippen LogP contribution is -2.61. The number of fused-ring (bicyclic) bond motifs is 4. The monoisotopic (exact) mass is 908 g/mol. The molecule has 344 valence electrons. The number of hydrogen-bond acceptors (Lipinski definition) is 3. The third-order valence-corrected chi connectivity index (χ3v) is 14.8. The molecule has 2 heterocycles. The first-order chi connectivity index (χ1) is 34.0. The van der Waals surface area contributed by atoms with Crippen LogP contribution in [0.5, 0.6) is 0 Å². The van der Waals surface area contributed by atoms with Gasteiger partial charge in [-0.3, -0.25) is 0 Å². The van der Waals surface area contributed by atoms with Gasteiger partial charge in [0.2, 0.25) is 0 Å². The van der Waals surface area contributed by atoms with E-state index in [2.05, 4.69) is 276 Å². The minimum Gasteiger partial charge on any atom is -0.311 e. The Morgan fingerprint density at radius 1 is 0.343 bits per heavy atom. The van der Waals surface area contributed by atoms with Crippen LogP contribution in [0.4, 0.5) is 51.2 Å². The van der Waals surface area contributed by atoms with Gasteiger partial charge in [-0.2, -0.15) is 0 Å². The first-order valence-electron chi connectivity index (χ1n) is 25.4. The van der Waals surface area contributed by atoms with Crippen molar-refractivity contribution in [2.24, 2.45) is 0 Å². The summed E-state index contributed by atoms with van der Waals surface area (Å²) >= 11 is 0. The van der Waals surface area contributed by atoms with E-state index in [1.54, 1.807) is 0 Å². The molecular weight excluding hydrogens is 846 g/mol. The largest absolute Gasteiger partial charge is 0.311 e. The van der Waals surface area contributed by atoms with Crippen molar-refractivity contribution in [2.75, 3.05) is 14.7 Å². The van der Waals surface area contributed by atoms with Crippen LogP contribution in [-0.2, 0) is 0 Å². The number of para-hydroxylation sites is 1. The third-order valence-electron chi connectivity index (χ3n) is 14.8. The average molecular weight is 908 g/mol. The topological polar surface area (TPSA) is 9.72 Å². The molecule has 0 saturated heterocycles. The molecule has 0 spiro atoms. The van der Waals surface area contributed by atoms with Gasteiger partial charge in [-0.15, -0.1) is 0 Å². The van der Waals surface area contributed by atoms with E-state index in [0.29, 0.717) is 23.7 Å². The Morgan fingerprint density at radius 3 is 1.29 bits per heavy atom. The van der Waals surface area contributed by atoms with Crippen LogP contribution >= 0.6 is 0 Å². The lowest BCUT2D eigenvalue weighted by molar-refractivity contribution is 0.866. The van der Waals surface area contributed by atoms with Crippen molar-refractivity contribution in [3.8, 4) is 22.3 Å². The lowest BCUT2D eigenvalue weighted by Gasteiger charge is -2.45. The summed E-state index contributed by atoms with van der Waals surface area (Å²) in [5.41, 5.74) is 24.5. The van der Waals surface area contributed by atoms with E-state index in [1.807, 2.05) is 0 Å². The highest BCUT2D eigenvalue weighted by atomic mass is 15.2. The van der Waals surface area contributed by atoms with Crippen LogP contribution in [0.3, 0.4) is 0 Å². The summed E-state index contributed by atoms with van der Waals surface area (Å²) in [4.78, 5) is 7.65. The Morgan fingerprint density at radius 2 is 0.786 bits per heavy atom. The second-order valence-corrected chi connectivity index (χ2v) is 20.6. The molecule has 4 heteroatoms. The molecule has 0 fully saturated rings. The van der Waals surface area contributed by atoms with Gasteiger partial charge in [0, 0.05) is 45.4 Å². The van der Waals surface area contributed by atoms with Crippen LogP contribution in [0.25, 0.3) is 22.3 Å². The quantitative estimate of drug-likeness (QED) is 0.120. The number of benzene rings is 9. The molecule has 0 aromatic heterocycles. The fourth-order valence-electron chi connectivity index (χ4n) is 10.9. The molecule has 0 radical (unpaired) electrons. The SMILES string of the molecule is CC(C)c1ccc(N2c3ccc(C(C)C)cc3B3c4cc(C(C)C)ccc4N(c4ccc(C(C)C)cc4)c4cc(N(c5cccc(-c6ccccc6)c5)c5ccccc5-c5ccccc5)cc2c43)cc1. The van der Waals surface area contributed by atoms with Crippen molar-refractivity contribution >= 4 is 74.3 Å². The van der Waals surface area contributed by atoms with Crippen LogP contribution < -0.4 is 31.1 Å². The van der Waals surface area contributed by atoms with Crippen molar-refractivity contribution in [1.82, 2.24) is 0 Å². The number of hydrogen-bond donors (Lipinski definition) is 0. The highest BCUT2D eigenvalue weighted by molar-refractivity contribution is 7.00. The molecule has 0 saturated carbocycles. The predicted molar refractivity (Wildman–Crippen MR) is 302 cm³/mol. The van der Waals surface area contributed by atoms with Crippen LogP contribution in [0.15, 0.2) is 206 Å². The standard InChI is InChI=1S/C66H62BN3/c1-43(2)47-26-32-54(33-27-47)69-62-36-30-51(45(5)6)39-59(62)67-60-40-52(46(7)8)31-37-63(60)70(55-34-28-48(29-35-55)44(3)4)65-42-57(41-64(69)66(65)67)68(56-23-17-22-53(38-56)49-18-11-9-12-19-49)61-25-16-15-24-58(61)50-20-13-10-14-21-50/h9-46H,1-8H3. The fourth-order valence-corrected chi connectivity index (χ4v) is 10.9. The Kier molecular flexibility index (Phi) is 11.8. The molecule has 0 bridgehead atoms. The molecule has 0 aliphatic carbocycles. The van der Waals surface area contributed by atoms with Gasteiger partial charge < -0.3 is 14.7 Å². The van der Waals surface area contributed by atoms with Gasteiger partial charge in [0.05, 0.1) is 11.4 Å². The zero-order valence-corrected chi connectivity index (χ0v) is 41.9. The van der Waals surface area contributed by atoms with Gasteiger partial charge in [-0.05, 0) is 146 Å². The molecule has 2 aliphatic rings. The van der Waals surface area contributed by atoms with Crippen molar-refractivity contribution in [2.45, 2.75) is 79.1 Å². The molecular formula is C66H62BN3. The van der Waals surface area contributed by atoms with Gasteiger partial charge in [0.25, 0.3) is 6.71 Å². The molecule has 9 aromatic rings. The third kappa shape index (κ3) is 8.00. The van der Waals surface area contributed by atoms with Gasteiger partial charge in [-0.25, -0.2) is 0 Å². The van der Waals surface area contributed by atoms with E-state index < -0.39 is 0 Å². The van der Waals surface area contributed by atoms with Gasteiger partial charge in [-0.1, -0.05) is 195 Å². The molecule has 11 rings (SSSR count).